The van der Waals surface area contributed by atoms with E-state index in [1.54, 1.807) is 12.1 Å². The number of ether oxygens (including phenoxy) is 4. The second kappa shape index (κ2) is 12.8. The van der Waals surface area contributed by atoms with E-state index in [9.17, 15) is 18.6 Å². The van der Waals surface area contributed by atoms with Crippen molar-refractivity contribution in [2.75, 3.05) is 50.3 Å². The van der Waals surface area contributed by atoms with Gasteiger partial charge in [0, 0.05) is 24.5 Å². The van der Waals surface area contributed by atoms with Gasteiger partial charge in [0.2, 0.25) is 11.7 Å². The molecule has 2 aromatic heterocycles. The fraction of sp³-hybridized carbons (Fsp3) is 0.333. The number of hydrogen-bond donors (Lipinski definition) is 2. The molecule has 14 nitrogen and oxygen atoms in total. The molecule has 1 aliphatic rings. The summed E-state index contributed by atoms with van der Waals surface area (Å²) in [4.78, 5) is 38.1. The average molecular weight is 600 g/mol. The second-order valence-corrected chi connectivity index (χ2v) is 10.7. The minimum atomic E-state index is -4.16. The maximum atomic E-state index is 14.7. The van der Waals surface area contributed by atoms with Gasteiger partial charge in [-0.15, -0.1) is 0 Å². The fourth-order valence-corrected chi connectivity index (χ4v) is 4.04. The van der Waals surface area contributed by atoms with E-state index in [-0.39, 0.29) is 58.7 Å². The molecule has 41 heavy (non-hydrogen) atoms. The topological polar surface area (TPSA) is 169 Å². The molecule has 1 unspecified atom stereocenters. The van der Waals surface area contributed by atoms with Crippen LogP contribution in [0.1, 0.15) is 13.8 Å². The van der Waals surface area contributed by atoms with E-state index in [0.717, 1.165) is 17.8 Å². The summed E-state index contributed by atoms with van der Waals surface area (Å²) in [5.74, 6) is -0.166. The molecule has 3 heterocycles. The minimum absolute atomic E-state index is 0. The first kappa shape index (κ1) is 32.3. The zero-order valence-corrected chi connectivity index (χ0v) is 26.4. The monoisotopic (exact) mass is 600 g/mol. The molecule has 0 saturated heterocycles. The summed E-state index contributed by atoms with van der Waals surface area (Å²) in [7, 11) is 0.256. The predicted molar refractivity (Wildman–Crippen MR) is 141 cm³/mol. The maximum Gasteiger partial charge on any atom is 1.00 e. The van der Waals surface area contributed by atoms with E-state index in [1.165, 1.54) is 47.3 Å². The summed E-state index contributed by atoms with van der Waals surface area (Å²) in [5.41, 5.74) is -0.834. The molecule has 4 rings (SSSR count). The third-order valence-corrected chi connectivity index (χ3v) is 6.14. The van der Waals surface area contributed by atoms with E-state index >= 15 is 0 Å². The number of methoxy groups -OCH3 is 3. The number of benzene rings is 1. The Kier molecular flexibility index (Phi) is 10.1. The van der Waals surface area contributed by atoms with Crippen molar-refractivity contribution >= 4 is 42.6 Å². The van der Waals surface area contributed by atoms with Crippen molar-refractivity contribution in [3.63, 3.8) is 0 Å². The van der Waals surface area contributed by atoms with Gasteiger partial charge in [-0.2, -0.15) is 4.98 Å². The number of carbonyl (C=O) groups is 1. The third-order valence-electron chi connectivity index (χ3n) is 5.55. The molecule has 1 aromatic carbocycles. The number of nitrogens with one attached hydrogen (secondary N) is 2. The second-order valence-electron chi connectivity index (χ2n) is 8.95. The zero-order chi connectivity index (χ0) is 29.2. The number of pyridine rings is 1. The van der Waals surface area contributed by atoms with Gasteiger partial charge in [0.1, 0.15) is 20.1 Å². The van der Waals surface area contributed by atoms with Crippen LogP contribution in [0.3, 0.4) is 0 Å². The number of halogens is 1. The van der Waals surface area contributed by atoms with Gasteiger partial charge in [-0.05, 0) is 26.0 Å². The molecule has 1 aliphatic heterocycles. The molecule has 0 bridgehead atoms. The van der Waals surface area contributed by atoms with E-state index in [1.807, 2.05) is 0 Å². The van der Waals surface area contributed by atoms with Crippen molar-refractivity contribution < 1.29 is 71.7 Å². The summed E-state index contributed by atoms with van der Waals surface area (Å²) in [5, 5.41) is 5.69. The van der Waals surface area contributed by atoms with Gasteiger partial charge >= 0.3 is 29.6 Å². The van der Waals surface area contributed by atoms with E-state index in [2.05, 4.69) is 25.6 Å². The normalized spacial score (nSPS) is 15.0. The average Bonchev–Trinajstić information content (AvgIpc) is 2.89. The number of fused-ring (bicyclic) bond motifs is 1. The van der Waals surface area contributed by atoms with Crippen molar-refractivity contribution in [2.45, 2.75) is 19.4 Å². The Morgan fingerprint density at radius 1 is 1.10 bits per heavy atom. The number of nitrogens with zero attached hydrogens (tertiary/aromatic N) is 4. The van der Waals surface area contributed by atoms with E-state index in [4.69, 9.17) is 23.5 Å². The summed E-state index contributed by atoms with van der Waals surface area (Å²) in [6, 6.07) is 6.23. The molecule has 0 saturated carbocycles. The summed E-state index contributed by atoms with van der Waals surface area (Å²) in [6.07, 6.45) is 0.955. The summed E-state index contributed by atoms with van der Waals surface area (Å²) < 4.78 is 52.9. The van der Waals surface area contributed by atoms with Crippen molar-refractivity contribution in [3.8, 4) is 23.0 Å². The van der Waals surface area contributed by atoms with Gasteiger partial charge < -0.3 is 43.6 Å². The van der Waals surface area contributed by atoms with Crippen molar-refractivity contribution in [3.05, 3.63) is 36.3 Å². The molecular formula is C24H27FN6NaO8P. The first-order valence-electron chi connectivity index (χ1n) is 11.7. The molecule has 3 aromatic rings. The van der Waals surface area contributed by atoms with Crippen LogP contribution in [0.4, 0.5) is 33.5 Å². The van der Waals surface area contributed by atoms with Crippen LogP contribution >= 0.6 is 7.60 Å². The van der Waals surface area contributed by atoms with Gasteiger partial charge in [-0.1, -0.05) is 0 Å². The van der Waals surface area contributed by atoms with Gasteiger partial charge in [0.25, 0.3) is 5.91 Å². The summed E-state index contributed by atoms with van der Waals surface area (Å²) in [6.45, 7) is 3.33. The molecule has 2 N–H and O–H groups in total. The quantitative estimate of drug-likeness (QED) is 0.239. The number of rotatable bonds is 10. The molecule has 214 valence electrons. The Bertz CT molecular complexity index is 1470. The van der Waals surface area contributed by atoms with Crippen LogP contribution in [-0.4, -0.2) is 61.2 Å². The van der Waals surface area contributed by atoms with Gasteiger partial charge in [0.15, 0.2) is 40.3 Å². The van der Waals surface area contributed by atoms with Crippen LogP contribution < -0.4 is 68.9 Å². The first-order chi connectivity index (χ1) is 18.8. The van der Waals surface area contributed by atoms with Crippen LogP contribution in [0.5, 0.6) is 23.0 Å². The SMILES string of the molecule is COc1cc(Nc2ncc(F)c(Nc3ccc4c(n3)N(COP(C)(=O)[O-])C(=O)C(C)(C)O4)n2)cc(OC)c1OC.[Na+]. The van der Waals surface area contributed by atoms with Gasteiger partial charge in [-0.3, -0.25) is 9.69 Å². The third kappa shape index (κ3) is 7.36. The largest absolute Gasteiger partial charge is 1.00 e. The van der Waals surface area contributed by atoms with E-state index < -0.39 is 31.7 Å². The fourth-order valence-electron chi connectivity index (χ4n) is 3.72. The first-order valence-corrected chi connectivity index (χ1v) is 13.7. The predicted octanol–water partition coefficient (Wildman–Crippen LogP) is 0.189. The number of aromatic nitrogens is 3. The smallest absolute Gasteiger partial charge is 0.779 e. The van der Waals surface area contributed by atoms with Crippen LogP contribution in [0.15, 0.2) is 30.5 Å². The van der Waals surface area contributed by atoms with Crippen LogP contribution in [0.25, 0.3) is 0 Å². The molecule has 0 radical (unpaired) electrons. The Labute approximate surface area is 257 Å². The number of amides is 1. The van der Waals surface area contributed by atoms with Crippen molar-refractivity contribution in [1.82, 2.24) is 15.0 Å². The Morgan fingerprint density at radius 3 is 2.34 bits per heavy atom. The van der Waals surface area contributed by atoms with Crippen molar-refractivity contribution in [1.29, 1.82) is 0 Å². The molecule has 0 aliphatic carbocycles. The minimum Gasteiger partial charge on any atom is -0.779 e. The Morgan fingerprint density at radius 2 is 1.76 bits per heavy atom. The Hall–Kier alpha value is -3.20. The molecule has 17 heteroatoms. The summed E-state index contributed by atoms with van der Waals surface area (Å²) >= 11 is 0. The zero-order valence-electron chi connectivity index (χ0n) is 23.5. The van der Waals surface area contributed by atoms with Crippen LogP contribution in [0.2, 0.25) is 0 Å². The standard InChI is InChI=1S/C24H28FN6O8P.Na/c1-24(2)22(32)31(12-38-40(6,33)34)21-15(39-24)7-8-18(29-21)28-20-14(25)11-26-23(30-20)27-13-9-16(35-3)19(37-5)17(10-13)36-4;/h7-11H,12H2,1-6H3,(H,33,34)(H2,26,27,28,29,30);/q;+1/p-1. The number of hydrogen-bond acceptors (Lipinski definition) is 13. The van der Waals surface area contributed by atoms with Gasteiger partial charge in [0.05, 0.1) is 27.5 Å². The Balaban J connectivity index is 0.00000462. The molecule has 1 atom stereocenters. The molecular weight excluding hydrogens is 573 g/mol. The molecule has 0 spiro atoms. The van der Waals surface area contributed by atoms with Gasteiger partial charge in [-0.25, -0.2) is 14.4 Å². The van der Waals surface area contributed by atoms with Crippen molar-refractivity contribution in [2.24, 2.45) is 0 Å². The van der Waals surface area contributed by atoms with E-state index in [0.29, 0.717) is 22.9 Å². The molecule has 0 fully saturated rings. The van der Waals surface area contributed by atoms with Crippen LogP contribution in [-0.2, 0) is 13.9 Å². The number of anilines is 5. The maximum absolute atomic E-state index is 14.7. The number of carbonyl (C=O) groups excluding carboxylic acids is 1. The van der Waals surface area contributed by atoms with Crippen LogP contribution in [0, 0.1) is 5.82 Å². The molecule has 1 amide bonds.